The summed E-state index contributed by atoms with van der Waals surface area (Å²) in [6, 6.07) is 5.58. The van der Waals surface area contributed by atoms with Crippen molar-refractivity contribution in [2.45, 2.75) is 13.0 Å². The molecule has 4 nitrogen and oxygen atoms in total. The van der Waals surface area contributed by atoms with Gasteiger partial charge in [0.05, 0.1) is 12.6 Å². The van der Waals surface area contributed by atoms with Crippen LogP contribution in [-0.4, -0.2) is 42.2 Å². The second kappa shape index (κ2) is 6.32. The van der Waals surface area contributed by atoms with E-state index in [1.807, 2.05) is 0 Å². The summed E-state index contributed by atoms with van der Waals surface area (Å²) >= 11 is 0. The Kier molecular flexibility index (Phi) is 5.06. The molecule has 5 heteroatoms. The van der Waals surface area contributed by atoms with Gasteiger partial charge in [0, 0.05) is 12.2 Å². The summed E-state index contributed by atoms with van der Waals surface area (Å²) in [5, 5.41) is 11.8. The van der Waals surface area contributed by atoms with Crippen LogP contribution < -0.4 is 5.32 Å². The van der Waals surface area contributed by atoms with Crippen molar-refractivity contribution in [3.63, 3.8) is 0 Å². The summed E-state index contributed by atoms with van der Waals surface area (Å²) in [5.41, 5.74) is 0.557. The SMILES string of the molecule is CC(O)CN(C)CC(=O)Nc1ccc(F)cc1. The molecule has 0 bridgehead atoms. The fourth-order valence-electron chi connectivity index (χ4n) is 1.49. The fraction of sp³-hybridized carbons (Fsp3) is 0.417. The highest BCUT2D eigenvalue weighted by Gasteiger charge is 2.08. The topological polar surface area (TPSA) is 52.6 Å². The number of rotatable bonds is 5. The zero-order valence-corrected chi connectivity index (χ0v) is 9.98. The molecule has 0 aliphatic rings. The van der Waals surface area contributed by atoms with Crippen molar-refractivity contribution in [2.24, 2.45) is 0 Å². The maximum absolute atomic E-state index is 12.6. The van der Waals surface area contributed by atoms with Crippen molar-refractivity contribution < 1.29 is 14.3 Å². The summed E-state index contributed by atoms with van der Waals surface area (Å²) in [5.74, 6) is -0.533. The van der Waals surface area contributed by atoms with E-state index in [1.54, 1.807) is 18.9 Å². The van der Waals surface area contributed by atoms with Gasteiger partial charge in [-0.3, -0.25) is 9.69 Å². The second-order valence-electron chi connectivity index (χ2n) is 4.10. The molecule has 0 saturated heterocycles. The van der Waals surface area contributed by atoms with E-state index in [0.29, 0.717) is 12.2 Å². The largest absolute Gasteiger partial charge is 0.392 e. The van der Waals surface area contributed by atoms with Gasteiger partial charge in [-0.25, -0.2) is 4.39 Å². The number of benzene rings is 1. The van der Waals surface area contributed by atoms with E-state index >= 15 is 0 Å². The number of nitrogens with zero attached hydrogens (tertiary/aromatic N) is 1. The third-order valence-electron chi connectivity index (χ3n) is 2.12. The first-order valence-corrected chi connectivity index (χ1v) is 5.39. The molecule has 0 fully saturated rings. The summed E-state index contributed by atoms with van der Waals surface area (Å²) in [6.07, 6.45) is -0.473. The Bertz CT molecular complexity index is 365. The Hall–Kier alpha value is -1.46. The molecule has 94 valence electrons. The number of anilines is 1. The van der Waals surface area contributed by atoms with Crippen LogP contribution in [0.2, 0.25) is 0 Å². The molecule has 1 unspecified atom stereocenters. The van der Waals surface area contributed by atoms with Gasteiger partial charge in [0.25, 0.3) is 0 Å². The standard InChI is InChI=1S/C12H17FN2O2/c1-9(16)7-15(2)8-12(17)14-11-5-3-10(13)4-6-11/h3-6,9,16H,7-8H2,1-2H3,(H,14,17). The van der Waals surface area contributed by atoms with Crippen molar-refractivity contribution in [2.75, 3.05) is 25.5 Å². The highest BCUT2D eigenvalue weighted by Crippen LogP contribution is 2.07. The minimum absolute atomic E-state index is 0.183. The lowest BCUT2D eigenvalue weighted by Crippen LogP contribution is -2.34. The molecule has 0 spiro atoms. The second-order valence-corrected chi connectivity index (χ2v) is 4.10. The van der Waals surface area contributed by atoms with Crippen molar-refractivity contribution in [1.82, 2.24) is 4.90 Å². The van der Waals surface area contributed by atoms with Gasteiger partial charge in [-0.15, -0.1) is 0 Å². The van der Waals surface area contributed by atoms with Crippen LogP contribution in [0.4, 0.5) is 10.1 Å². The van der Waals surface area contributed by atoms with E-state index in [-0.39, 0.29) is 18.3 Å². The quantitative estimate of drug-likeness (QED) is 0.809. The van der Waals surface area contributed by atoms with Crippen molar-refractivity contribution >= 4 is 11.6 Å². The van der Waals surface area contributed by atoms with E-state index in [0.717, 1.165) is 0 Å². The number of amides is 1. The number of aliphatic hydroxyl groups excluding tert-OH is 1. The van der Waals surface area contributed by atoms with E-state index in [9.17, 15) is 9.18 Å². The summed E-state index contributed by atoms with van der Waals surface area (Å²) in [4.78, 5) is 13.3. The first kappa shape index (κ1) is 13.6. The zero-order chi connectivity index (χ0) is 12.8. The van der Waals surface area contributed by atoms with Crippen LogP contribution >= 0.6 is 0 Å². The lowest BCUT2D eigenvalue weighted by atomic mass is 10.3. The molecule has 0 aliphatic heterocycles. The predicted octanol–water partition coefficient (Wildman–Crippen LogP) is 1.08. The highest BCUT2D eigenvalue weighted by atomic mass is 19.1. The molecule has 0 heterocycles. The Morgan fingerprint density at radius 3 is 2.59 bits per heavy atom. The molecule has 0 radical (unpaired) electrons. The maximum Gasteiger partial charge on any atom is 0.238 e. The van der Waals surface area contributed by atoms with Crippen molar-refractivity contribution in [1.29, 1.82) is 0 Å². The summed E-state index contributed by atoms with van der Waals surface area (Å²) in [6.45, 7) is 2.27. The molecule has 1 aromatic rings. The average molecular weight is 240 g/mol. The Morgan fingerprint density at radius 1 is 1.47 bits per heavy atom. The molecule has 0 aromatic heterocycles. The third kappa shape index (κ3) is 5.42. The first-order valence-electron chi connectivity index (χ1n) is 5.39. The van der Waals surface area contributed by atoms with Gasteiger partial charge in [-0.1, -0.05) is 0 Å². The number of aliphatic hydroxyl groups is 1. The van der Waals surface area contributed by atoms with Gasteiger partial charge in [-0.05, 0) is 38.2 Å². The molecule has 17 heavy (non-hydrogen) atoms. The van der Waals surface area contributed by atoms with E-state index in [2.05, 4.69) is 5.32 Å². The minimum Gasteiger partial charge on any atom is -0.392 e. The van der Waals surface area contributed by atoms with Crippen LogP contribution in [0.1, 0.15) is 6.92 Å². The van der Waals surface area contributed by atoms with Crippen LogP contribution in [0.15, 0.2) is 24.3 Å². The Balaban J connectivity index is 2.41. The molecule has 1 amide bonds. The molecule has 1 aromatic carbocycles. The Labute approximate surface area is 100 Å². The number of carbonyl (C=O) groups is 1. The van der Waals surface area contributed by atoms with Gasteiger partial charge >= 0.3 is 0 Å². The minimum atomic E-state index is -0.473. The van der Waals surface area contributed by atoms with Crippen molar-refractivity contribution in [3.05, 3.63) is 30.1 Å². The van der Waals surface area contributed by atoms with Crippen LogP contribution in [0.25, 0.3) is 0 Å². The predicted molar refractivity (Wildman–Crippen MR) is 64.2 cm³/mol. The first-order chi connectivity index (χ1) is 7.97. The Morgan fingerprint density at radius 2 is 2.06 bits per heavy atom. The summed E-state index contributed by atoms with van der Waals surface area (Å²) in [7, 11) is 1.75. The van der Waals surface area contributed by atoms with Crippen LogP contribution in [-0.2, 0) is 4.79 Å². The molecule has 1 atom stereocenters. The number of carbonyl (C=O) groups excluding carboxylic acids is 1. The highest BCUT2D eigenvalue weighted by molar-refractivity contribution is 5.92. The average Bonchev–Trinajstić information content (AvgIpc) is 2.19. The normalized spacial score (nSPS) is 12.5. The lowest BCUT2D eigenvalue weighted by Gasteiger charge is -2.17. The molecular weight excluding hydrogens is 223 g/mol. The van der Waals surface area contributed by atoms with E-state index < -0.39 is 6.10 Å². The maximum atomic E-state index is 12.6. The van der Waals surface area contributed by atoms with Gasteiger partial charge in [0.1, 0.15) is 5.82 Å². The van der Waals surface area contributed by atoms with Crippen LogP contribution in [0.3, 0.4) is 0 Å². The number of hydrogen-bond acceptors (Lipinski definition) is 3. The zero-order valence-electron chi connectivity index (χ0n) is 9.98. The van der Waals surface area contributed by atoms with E-state index in [4.69, 9.17) is 5.11 Å². The molecular formula is C12H17FN2O2. The number of nitrogens with one attached hydrogen (secondary N) is 1. The molecule has 0 aliphatic carbocycles. The summed E-state index contributed by atoms with van der Waals surface area (Å²) < 4.78 is 12.6. The number of hydrogen-bond donors (Lipinski definition) is 2. The molecule has 0 saturated carbocycles. The van der Waals surface area contributed by atoms with Gasteiger partial charge in [0.15, 0.2) is 0 Å². The van der Waals surface area contributed by atoms with Gasteiger partial charge < -0.3 is 10.4 Å². The van der Waals surface area contributed by atoms with Crippen LogP contribution in [0.5, 0.6) is 0 Å². The lowest BCUT2D eigenvalue weighted by molar-refractivity contribution is -0.117. The molecule has 1 rings (SSSR count). The van der Waals surface area contributed by atoms with Gasteiger partial charge in [0.2, 0.25) is 5.91 Å². The molecule has 2 N–H and O–H groups in total. The third-order valence-corrected chi connectivity index (χ3v) is 2.12. The van der Waals surface area contributed by atoms with Crippen molar-refractivity contribution in [3.8, 4) is 0 Å². The number of likely N-dealkylation sites (N-methyl/N-ethyl adjacent to an activating group) is 1. The van der Waals surface area contributed by atoms with Crippen LogP contribution in [0, 0.1) is 5.82 Å². The van der Waals surface area contributed by atoms with Gasteiger partial charge in [-0.2, -0.15) is 0 Å². The smallest absolute Gasteiger partial charge is 0.238 e. The monoisotopic (exact) mass is 240 g/mol. The fourth-order valence-corrected chi connectivity index (χ4v) is 1.49. The van der Waals surface area contributed by atoms with E-state index in [1.165, 1.54) is 24.3 Å². The number of halogens is 1.